The number of halogens is 2. The fourth-order valence-electron chi connectivity index (χ4n) is 1.82. The van der Waals surface area contributed by atoms with Gasteiger partial charge in [-0.3, -0.25) is 4.79 Å². The van der Waals surface area contributed by atoms with Gasteiger partial charge in [-0.25, -0.2) is 4.39 Å². The van der Waals surface area contributed by atoms with E-state index in [1.165, 1.54) is 18.2 Å². The lowest BCUT2D eigenvalue weighted by molar-refractivity contribution is -0.122. The molecule has 0 saturated heterocycles. The van der Waals surface area contributed by atoms with Gasteiger partial charge >= 0.3 is 0 Å². The van der Waals surface area contributed by atoms with E-state index in [9.17, 15) is 9.18 Å². The van der Waals surface area contributed by atoms with Crippen molar-refractivity contribution in [2.75, 3.05) is 5.32 Å². The quantitative estimate of drug-likeness (QED) is 0.918. The zero-order chi connectivity index (χ0) is 17.0. The molecule has 4 nitrogen and oxygen atoms in total. The topological polar surface area (TPSA) is 62.1 Å². The molecular weight excluding hydrogens is 319 g/mol. The second kappa shape index (κ2) is 7.12. The van der Waals surface area contributed by atoms with Crippen LogP contribution in [0.5, 0.6) is 5.75 Å². The van der Waals surface area contributed by atoms with Crippen LogP contribution in [0.25, 0.3) is 0 Å². The number of carbonyl (C=O) groups excluding carboxylic acids is 1. The molecule has 0 fully saturated rings. The lowest BCUT2D eigenvalue weighted by Crippen LogP contribution is -2.30. The normalized spacial score (nSPS) is 11.4. The van der Waals surface area contributed by atoms with Crippen LogP contribution in [-0.4, -0.2) is 12.0 Å². The van der Waals surface area contributed by atoms with Gasteiger partial charge in [0.15, 0.2) is 6.10 Å². The van der Waals surface area contributed by atoms with Gasteiger partial charge in [0.2, 0.25) is 0 Å². The van der Waals surface area contributed by atoms with E-state index in [2.05, 4.69) is 5.32 Å². The minimum Gasteiger partial charge on any atom is -0.479 e. The van der Waals surface area contributed by atoms with Gasteiger partial charge in [0.05, 0.1) is 16.7 Å². The summed E-state index contributed by atoms with van der Waals surface area (Å²) in [5.74, 6) is -0.538. The van der Waals surface area contributed by atoms with E-state index >= 15 is 0 Å². The third-order valence-corrected chi connectivity index (χ3v) is 3.47. The van der Waals surface area contributed by atoms with Crippen molar-refractivity contribution in [3.8, 4) is 11.8 Å². The molecule has 2 aromatic carbocycles. The molecular formula is C17H14ClFN2O2. The van der Waals surface area contributed by atoms with Crippen molar-refractivity contribution in [1.29, 1.82) is 5.26 Å². The van der Waals surface area contributed by atoms with Crippen LogP contribution in [0.2, 0.25) is 5.02 Å². The molecule has 0 aliphatic heterocycles. The minimum atomic E-state index is -0.843. The second-order valence-electron chi connectivity index (χ2n) is 4.97. The minimum absolute atomic E-state index is 0.241. The summed E-state index contributed by atoms with van der Waals surface area (Å²) >= 11 is 6.00. The molecule has 0 heterocycles. The van der Waals surface area contributed by atoms with Gasteiger partial charge in [0.25, 0.3) is 5.91 Å². The third kappa shape index (κ3) is 4.21. The maximum atomic E-state index is 13.5. The SMILES string of the molecule is Cc1ccc(NC(=O)[C@H](C)Oc2ccc(C#N)cc2Cl)cc1F. The lowest BCUT2D eigenvalue weighted by Gasteiger charge is -2.16. The molecule has 0 radical (unpaired) electrons. The van der Waals surface area contributed by atoms with Crippen LogP contribution in [0.4, 0.5) is 10.1 Å². The summed E-state index contributed by atoms with van der Waals surface area (Å²) in [4.78, 5) is 12.1. The second-order valence-corrected chi connectivity index (χ2v) is 5.38. The number of ether oxygens (including phenoxy) is 1. The maximum Gasteiger partial charge on any atom is 0.265 e. The first-order valence-corrected chi connectivity index (χ1v) is 7.22. The summed E-state index contributed by atoms with van der Waals surface area (Å²) in [5, 5.41) is 11.6. The van der Waals surface area contributed by atoms with Crippen molar-refractivity contribution >= 4 is 23.2 Å². The largest absolute Gasteiger partial charge is 0.479 e. The number of hydrogen-bond acceptors (Lipinski definition) is 3. The van der Waals surface area contributed by atoms with Crippen LogP contribution in [0.3, 0.4) is 0 Å². The van der Waals surface area contributed by atoms with E-state index in [0.29, 0.717) is 22.6 Å². The zero-order valence-electron chi connectivity index (χ0n) is 12.6. The first-order valence-electron chi connectivity index (χ1n) is 6.84. The standard InChI is InChI=1S/C17H14ClFN2O2/c1-10-3-5-13(8-15(10)19)21-17(22)11(2)23-16-6-4-12(9-20)7-14(16)18/h3-8,11H,1-2H3,(H,21,22)/t11-/m0/s1. The van der Waals surface area contributed by atoms with E-state index in [4.69, 9.17) is 21.6 Å². The molecule has 118 valence electrons. The van der Waals surface area contributed by atoms with Gasteiger partial charge in [-0.2, -0.15) is 5.26 Å². The number of hydrogen-bond donors (Lipinski definition) is 1. The van der Waals surface area contributed by atoms with Crippen LogP contribution < -0.4 is 10.1 Å². The van der Waals surface area contributed by atoms with Crippen LogP contribution in [0.15, 0.2) is 36.4 Å². The Morgan fingerprint density at radius 3 is 2.70 bits per heavy atom. The first-order chi connectivity index (χ1) is 10.9. The van der Waals surface area contributed by atoms with E-state index < -0.39 is 17.8 Å². The van der Waals surface area contributed by atoms with Crippen LogP contribution in [-0.2, 0) is 4.79 Å². The molecule has 0 aliphatic rings. The summed E-state index contributed by atoms with van der Waals surface area (Å²) in [5.41, 5.74) is 1.24. The van der Waals surface area contributed by atoms with Crippen molar-refractivity contribution in [3.63, 3.8) is 0 Å². The predicted octanol–water partition coefficient (Wildman–Crippen LogP) is 4.07. The number of benzene rings is 2. The average Bonchev–Trinajstić information content (AvgIpc) is 2.52. The Morgan fingerprint density at radius 2 is 2.09 bits per heavy atom. The molecule has 0 aromatic heterocycles. The molecule has 0 unspecified atom stereocenters. The molecule has 1 amide bonds. The van der Waals surface area contributed by atoms with E-state index in [1.807, 2.05) is 6.07 Å². The fraction of sp³-hybridized carbons (Fsp3) is 0.176. The smallest absolute Gasteiger partial charge is 0.265 e. The molecule has 2 rings (SSSR count). The Morgan fingerprint density at radius 1 is 1.35 bits per heavy atom. The van der Waals surface area contributed by atoms with Crippen LogP contribution in [0, 0.1) is 24.1 Å². The highest BCUT2D eigenvalue weighted by Crippen LogP contribution is 2.26. The Labute approximate surface area is 138 Å². The van der Waals surface area contributed by atoms with Crippen molar-refractivity contribution in [2.24, 2.45) is 0 Å². The predicted molar refractivity (Wildman–Crippen MR) is 86.0 cm³/mol. The van der Waals surface area contributed by atoms with E-state index in [0.717, 1.165) is 0 Å². The average molecular weight is 333 g/mol. The number of nitriles is 1. The number of nitrogens with zero attached hydrogens (tertiary/aromatic N) is 1. The monoisotopic (exact) mass is 332 g/mol. The molecule has 6 heteroatoms. The maximum absolute atomic E-state index is 13.5. The molecule has 0 bridgehead atoms. The first kappa shape index (κ1) is 16.8. The number of carbonyl (C=O) groups is 1. The Hall–Kier alpha value is -2.58. The van der Waals surface area contributed by atoms with Crippen molar-refractivity contribution in [1.82, 2.24) is 0 Å². The molecule has 0 saturated carbocycles. The van der Waals surface area contributed by atoms with Gasteiger partial charge in [-0.15, -0.1) is 0 Å². The third-order valence-electron chi connectivity index (χ3n) is 3.17. The highest BCUT2D eigenvalue weighted by molar-refractivity contribution is 6.32. The molecule has 0 spiro atoms. The Balaban J connectivity index is 2.05. The molecule has 2 aromatic rings. The van der Waals surface area contributed by atoms with Gasteiger partial charge in [0.1, 0.15) is 11.6 Å². The van der Waals surface area contributed by atoms with Crippen molar-refractivity contribution < 1.29 is 13.9 Å². The zero-order valence-corrected chi connectivity index (χ0v) is 13.3. The Kier molecular flexibility index (Phi) is 5.20. The summed E-state index contributed by atoms with van der Waals surface area (Å²) < 4.78 is 19.0. The number of anilines is 1. The van der Waals surface area contributed by atoms with Crippen LogP contribution in [0.1, 0.15) is 18.1 Å². The van der Waals surface area contributed by atoms with Crippen LogP contribution >= 0.6 is 11.6 Å². The highest BCUT2D eigenvalue weighted by atomic mass is 35.5. The van der Waals surface area contributed by atoms with E-state index in [-0.39, 0.29) is 5.02 Å². The van der Waals surface area contributed by atoms with Gasteiger partial charge in [-0.05, 0) is 49.7 Å². The molecule has 1 atom stereocenters. The molecule has 1 N–H and O–H groups in total. The van der Waals surface area contributed by atoms with Gasteiger partial charge in [0, 0.05) is 5.69 Å². The number of nitrogens with one attached hydrogen (secondary N) is 1. The Bertz CT molecular complexity index is 787. The van der Waals surface area contributed by atoms with Gasteiger partial charge in [-0.1, -0.05) is 17.7 Å². The summed E-state index contributed by atoms with van der Waals surface area (Å²) in [6.45, 7) is 3.19. The molecule has 23 heavy (non-hydrogen) atoms. The van der Waals surface area contributed by atoms with E-state index in [1.54, 1.807) is 32.0 Å². The molecule has 0 aliphatic carbocycles. The summed E-state index contributed by atoms with van der Waals surface area (Å²) in [6.07, 6.45) is -0.843. The van der Waals surface area contributed by atoms with Gasteiger partial charge < -0.3 is 10.1 Å². The fourth-order valence-corrected chi connectivity index (χ4v) is 2.05. The number of amides is 1. The number of rotatable bonds is 4. The number of aryl methyl sites for hydroxylation is 1. The highest BCUT2D eigenvalue weighted by Gasteiger charge is 2.17. The lowest BCUT2D eigenvalue weighted by atomic mass is 10.2. The van der Waals surface area contributed by atoms with Crippen molar-refractivity contribution in [2.45, 2.75) is 20.0 Å². The summed E-state index contributed by atoms with van der Waals surface area (Å²) in [7, 11) is 0. The van der Waals surface area contributed by atoms with Crippen molar-refractivity contribution in [3.05, 3.63) is 58.4 Å². The summed E-state index contributed by atoms with van der Waals surface area (Å²) in [6, 6.07) is 10.9.